The standard InChI is InChI=1S/C18H14BrIN2O4/c1-25-15-8-10(14(19)9-16(15)26-2)7-13-17(23)21-22(18(13)24)12-5-3-11(20)4-6-12/h3-9H,1-2H3,(H,21,23). The first kappa shape index (κ1) is 18.7. The molecule has 1 heterocycles. The van der Waals surface area contributed by atoms with Crippen LogP contribution in [0.3, 0.4) is 0 Å². The highest BCUT2D eigenvalue weighted by Crippen LogP contribution is 2.35. The minimum atomic E-state index is -0.463. The highest BCUT2D eigenvalue weighted by atomic mass is 127. The van der Waals surface area contributed by atoms with Crippen LogP contribution in [0, 0.1) is 3.57 Å². The number of carbonyl (C=O) groups is 2. The van der Waals surface area contributed by atoms with Crippen molar-refractivity contribution in [2.75, 3.05) is 19.2 Å². The van der Waals surface area contributed by atoms with E-state index in [0.29, 0.717) is 27.2 Å². The van der Waals surface area contributed by atoms with Gasteiger partial charge in [0, 0.05) is 8.04 Å². The van der Waals surface area contributed by atoms with Crippen LogP contribution in [0.1, 0.15) is 5.56 Å². The van der Waals surface area contributed by atoms with Crippen molar-refractivity contribution >= 4 is 62.1 Å². The van der Waals surface area contributed by atoms with Crippen molar-refractivity contribution in [3.63, 3.8) is 0 Å². The number of carbonyl (C=O) groups excluding carboxylic acids is 2. The van der Waals surface area contributed by atoms with E-state index in [1.807, 2.05) is 12.1 Å². The quantitative estimate of drug-likeness (QED) is 0.374. The van der Waals surface area contributed by atoms with Crippen molar-refractivity contribution in [2.45, 2.75) is 0 Å². The van der Waals surface area contributed by atoms with Gasteiger partial charge in [0.1, 0.15) is 5.57 Å². The molecule has 0 bridgehead atoms. The van der Waals surface area contributed by atoms with Crippen molar-refractivity contribution < 1.29 is 19.1 Å². The third-order valence-electron chi connectivity index (χ3n) is 3.78. The van der Waals surface area contributed by atoms with Crippen molar-refractivity contribution in [1.29, 1.82) is 0 Å². The van der Waals surface area contributed by atoms with Crippen molar-refractivity contribution in [3.05, 3.63) is 55.6 Å². The first-order valence-electron chi connectivity index (χ1n) is 7.49. The van der Waals surface area contributed by atoms with Gasteiger partial charge in [-0.05, 0) is 70.6 Å². The van der Waals surface area contributed by atoms with Crippen LogP contribution < -0.4 is 19.9 Å². The monoisotopic (exact) mass is 528 g/mol. The molecule has 0 radical (unpaired) electrons. The zero-order chi connectivity index (χ0) is 18.8. The summed E-state index contributed by atoms with van der Waals surface area (Å²) in [6, 6.07) is 10.7. The Balaban J connectivity index is 1.98. The number of anilines is 1. The van der Waals surface area contributed by atoms with Crippen LogP contribution in [0.25, 0.3) is 6.08 Å². The number of amides is 2. The van der Waals surface area contributed by atoms with Gasteiger partial charge in [0.25, 0.3) is 11.8 Å². The lowest BCUT2D eigenvalue weighted by Gasteiger charge is -2.14. The number of rotatable bonds is 4. The Kier molecular flexibility index (Phi) is 5.52. The molecule has 1 aliphatic heterocycles. The molecule has 1 saturated heterocycles. The van der Waals surface area contributed by atoms with Crippen LogP contribution in [0.5, 0.6) is 11.5 Å². The lowest BCUT2D eigenvalue weighted by atomic mass is 10.1. The van der Waals surface area contributed by atoms with Gasteiger partial charge in [-0.1, -0.05) is 15.9 Å². The van der Waals surface area contributed by atoms with Crippen LogP contribution >= 0.6 is 38.5 Å². The molecule has 0 atom stereocenters. The summed E-state index contributed by atoms with van der Waals surface area (Å²) < 4.78 is 12.2. The van der Waals surface area contributed by atoms with Gasteiger partial charge in [0.2, 0.25) is 0 Å². The average Bonchev–Trinajstić information content (AvgIpc) is 2.91. The number of hydrazine groups is 1. The SMILES string of the molecule is COc1cc(Br)c(C=C2C(=O)NN(c3ccc(I)cc3)C2=O)cc1OC. The van der Waals surface area contributed by atoms with Gasteiger partial charge < -0.3 is 9.47 Å². The largest absolute Gasteiger partial charge is 0.493 e. The molecule has 0 spiro atoms. The fraction of sp³-hybridized carbons (Fsp3) is 0.111. The summed E-state index contributed by atoms with van der Waals surface area (Å²) in [7, 11) is 3.06. The Labute approximate surface area is 172 Å². The zero-order valence-corrected chi connectivity index (χ0v) is 17.6. The summed E-state index contributed by atoms with van der Waals surface area (Å²) in [5, 5.41) is 1.24. The molecule has 26 heavy (non-hydrogen) atoms. The van der Waals surface area contributed by atoms with E-state index in [0.717, 1.165) is 3.57 Å². The summed E-state index contributed by atoms with van der Waals surface area (Å²) >= 11 is 5.60. The fourth-order valence-electron chi connectivity index (χ4n) is 2.47. The second kappa shape index (κ2) is 7.67. The van der Waals surface area contributed by atoms with Crippen molar-refractivity contribution in [1.82, 2.24) is 5.43 Å². The topological polar surface area (TPSA) is 67.9 Å². The highest BCUT2D eigenvalue weighted by molar-refractivity contribution is 14.1. The number of benzene rings is 2. The molecular weight excluding hydrogens is 515 g/mol. The van der Waals surface area contributed by atoms with Gasteiger partial charge in [0.15, 0.2) is 11.5 Å². The molecule has 2 aromatic carbocycles. The summed E-state index contributed by atoms with van der Waals surface area (Å²) in [4.78, 5) is 25.0. The summed E-state index contributed by atoms with van der Waals surface area (Å²) in [6.07, 6.45) is 1.52. The second-order valence-electron chi connectivity index (χ2n) is 5.34. The molecule has 3 rings (SSSR count). The summed E-state index contributed by atoms with van der Waals surface area (Å²) in [5.41, 5.74) is 3.85. The third-order valence-corrected chi connectivity index (χ3v) is 5.18. The van der Waals surface area contributed by atoms with Crippen LogP contribution in [0.4, 0.5) is 5.69 Å². The van der Waals surface area contributed by atoms with Crippen molar-refractivity contribution in [3.8, 4) is 11.5 Å². The molecule has 134 valence electrons. The van der Waals surface area contributed by atoms with E-state index in [-0.39, 0.29) is 5.57 Å². The predicted octanol–water partition coefficient (Wildman–Crippen LogP) is 3.53. The van der Waals surface area contributed by atoms with Crippen LogP contribution in [0.15, 0.2) is 46.4 Å². The number of nitrogens with one attached hydrogen (secondary N) is 1. The first-order chi connectivity index (χ1) is 12.4. The smallest absolute Gasteiger partial charge is 0.282 e. The lowest BCUT2D eigenvalue weighted by Crippen LogP contribution is -2.35. The normalized spacial score (nSPS) is 15.4. The molecule has 0 aliphatic carbocycles. The number of ether oxygens (including phenoxy) is 2. The van der Waals surface area contributed by atoms with E-state index >= 15 is 0 Å². The molecule has 2 amide bonds. The maximum Gasteiger partial charge on any atom is 0.282 e. The van der Waals surface area contributed by atoms with Gasteiger partial charge in [0.05, 0.1) is 19.9 Å². The van der Waals surface area contributed by atoms with E-state index < -0.39 is 11.8 Å². The number of methoxy groups -OCH3 is 2. The third kappa shape index (κ3) is 3.56. The summed E-state index contributed by atoms with van der Waals surface area (Å²) in [5.74, 6) is 0.167. The molecule has 1 aliphatic rings. The molecule has 0 unspecified atom stereocenters. The maximum atomic E-state index is 12.7. The zero-order valence-electron chi connectivity index (χ0n) is 13.9. The Bertz CT molecular complexity index is 912. The van der Waals surface area contributed by atoms with E-state index in [4.69, 9.17) is 9.47 Å². The van der Waals surface area contributed by atoms with Crippen LogP contribution in [-0.4, -0.2) is 26.0 Å². The Morgan fingerprint density at radius 1 is 1.08 bits per heavy atom. The van der Waals surface area contributed by atoms with Crippen LogP contribution in [0.2, 0.25) is 0 Å². The molecule has 2 aromatic rings. The molecule has 8 heteroatoms. The maximum absolute atomic E-state index is 12.7. The van der Waals surface area contributed by atoms with Gasteiger partial charge >= 0.3 is 0 Å². The molecule has 1 fully saturated rings. The van der Waals surface area contributed by atoms with Gasteiger partial charge in [-0.15, -0.1) is 0 Å². The van der Waals surface area contributed by atoms with E-state index in [9.17, 15) is 9.59 Å². The first-order valence-corrected chi connectivity index (χ1v) is 9.36. The van der Waals surface area contributed by atoms with E-state index in [1.165, 1.54) is 25.3 Å². The van der Waals surface area contributed by atoms with E-state index in [1.54, 1.807) is 24.3 Å². The Hall–Kier alpha value is -2.07. The molecule has 6 nitrogen and oxygen atoms in total. The van der Waals surface area contributed by atoms with Gasteiger partial charge in [-0.25, -0.2) is 5.01 Å². The number of hydrogen-bond acceptors (Lipinski definition) is 4. The second-order valence-corrected chi connectivity index (χ2v) is 7.44. The minimum absolute atomic E-state index is 0.0384. The number of hydrogen-bond donors (Lipinski definition) is 1. The number of halogens is 2. The van der Waals surface area contributed by atoms with Crippen molar-refractivity contribution in [2.24, 2.45) is 0 Å². The molecular formula is C18H14BrIN2O4. The van der Waals surface area contributed by atoms with Gasteiger partial charge in [-0.2, -0.15) is 0 Å². The molecule has 0 aromatic heterocycles. The highest BCUT2D eigenvalue weighted by Gasteiger charge is 2.34. The Morgan fingerprint density at radius 2 is 1.69 bits per heavy atom. The average molecular weight is 529 g/mol. The number of nitrogens with zero attached hydrogens (tertiary/aromatic N) is 1. The molecule has 0 saturated carbocycles. The summed E-state index contributed by atoms with van der Waals surface area (Å²) in [6.45, 7) is 0. The molecule has 1 N–H and O–H groups in total. The fourth-order valence-corrected chi connectivity index (χ4v) is 3.26. The predicted molar refractivity (Wildman–Crippen MR) is 110 cm³/mol. The van der Waals surface area contributed by atoms with E-state index in [2.05, 4.69) is 43.9 Å². The lowest BCUT2D eigenvalue weighted by molar-refractivity contribution is -0.117. The Morgan fingerprint density at radius 3 is 2.31 bits per heavy atom. The van der Waals surface area contributed by atoms with Gasteiger partial charge in [-0.3, -0.25) is 15.0 Å². The minimum Gasteiger partial charge on any atom is -0.493 e. The van der Waals surface area contributed by atoms with Crippen LogP contribution in [-0.2, 0) is 9.59 Å².